The first kappa shape index (κ1) is 25.8. The lowest BCUT2D eigenvalue weighted by molar-refractivity contribution is 0.0881. The first-order valence-electron chi connectivity index (χ1n) is 12.7. The molecule has 2 aromatic carbocycles. The van der Waals surface area contributed by atoms with E-state index in [-0.39, 0.29) is 17.3 Å². The summed E-state index contributed by atoms with van der Waals surface area (Å²) in [4.78, 5) is 2.44. The normalized spacial score (nSPS) is 21.3. The number of aromatic nitrogens is 2. The molecule has 1 N–H and O–H groups in total. The molecule has 3 aromatic rings. The van der Waals surface area contributed by atoms with E-state index in [1.807, 2.05) is 44.6 Å². The van der Waals surface area contributed by atoms with Gasteiger partial charge in [0.1, 0.15) is 5.82 Å². The van der Waals surface area contributed by atoms with Crippen LogP contribution in [0.5, 0.6) is 0 Å². The van der Waals surface area contributed by atoms with E-state index in [0.717, 1.165) is 22.4 Å². The molecular formula is C29H35FN4O2S. The van der Waals surface area contributed by atoms with Crippen LogP contribution in [0.1, 0.15) is 55.6 Å². The van der Waals surface area contributed by atoms with Gasteiger partial charge in [-0.1, -0.05) is 50.6 Å². The second-order valence-corrected chi connectivity index (χ2v) is 13.5. The van der Waals surface area contributed by atoms with Gasteiger partial charge in [0.25, 0.3) is 0 Å². The maximum atomic E-state index is 14.0. The van der Waals surface area contributed by atoms with E-state index in [4.69, 9.17) is 0 Å². The number of hydrogen-bond acceptors (Lipinski definition) is 4. The summed E-state index contributed by atoms with van der Waals surface area (Å²) in [7, 11) is 0.287. The van der Waals surface area contributed by atoms with E-state index in [0.29, 0.717) is 30.8 Å². The molecule has 2 aliphatic rings. The largest absolute Gasteiger partial charge is 0.301 e. The van der Waals surface area contributed by atoms with Crippen molar-refractivity contribution in [1.29, 1.82) is 0 Å². The molecule has 0 spiro atoms. The van der Waals surface area contributed by atoms with Crippen molar-refractivity contribution in [2.45, 2.75) is 50.0 Å². The highest BCUT2D eigenvalue weighted by Gasteiger charge is 2.51. The smallest absolute Gasteiger partial charge is 0.243 e. The lowest BCUT2D eigenvalue weighted by atomic mass is 9.62. The van der Waals surface area contributed by atoms with E-state index in [9.17, 15) is 12.8 Å². The third-order valence-electron chi connectivity index (χ3n) is 7.89. The Morgan fingerprint density at radius 1 is 1.08 bits per heavy atom. The summed E-state index contributed by atoms with van der Waals surface area (Å²) in [5, 5.41) is 7.35. The van der Waals surface area contributed by atoms with Gasteiger partial charge in [-0.15, -0.1) is 0 Å². The molecule has 2 heterocycles. The molecule has 8 heteroatoms. The summed E-state index contributed by atoms with van der Waals surface area (Å²) in [6, 6.07) is 13.7. The van der Waals surface area contributed by atoms with Crippen molar-refractivity contribution in [3.8, 4) is 0 Å². The SMILES string of the molecule is CN(C)C(c1ccc(F)cc1)[C@@]12Cc3cn[nH]c3C=C1CCN(S(=O)(=O)c1ccc(C(C)(C)C)cc1)C2. The van der Waals surface area contributed by atoms with Crippen LogP contribution in [0, 0.1) is 11.2 Å². The van der Waals surface area contributed by atoms with Crippen molar-refractivity contribution >= 4 is 16.1 Å². The zero-order valence-electron chi connectivity index (χ0n) is 22.1. The van der Waals surface area contributed by atoms with Gasteiger partial charge in [0.05, 0.1) is 16.8 Å². The van der Waals surface area contributed by atoms with Gasteiger partial charge in [0.2, 0.25) is 10.0 Å². The lowest BCUT2D eigenvalue weighted by Crippen LogP contribution is -2.54. The van der Waals surface area contributed by atoms with Crippen LogP contribution in [0.4, 0.5) is 4.39 Å². The van der Waals surface area contributed by atoms with Crippen LogP contribution < -0.4 is 0 Å². The number of hydrogen-bond donors (Lipinski definition) is 1. The zero-order valence-corrected chi connectivity index (χ0v) is 22.9. The van der Waals surface area contributed by atoms with Gasteiger partial charge in [-0.25, -0.2) is 12.8 Å². The molecule has 1 fully saturated rings. The van der Waals surface area contributed by atoms with Crippen molar-refractivity contribution in [2.24, 2.45) is 5.41 Å². The summed E-state index contributed by atoms with van der Waals surface area (Å²) in [6.45, 7) is 7.07. The van der Waals surface area contributed by atoms with Crippen LogP contribution >= 0.6 is 0 Å². The van der Waals surface area contributed by atoms with Crippen LogP contribution in [-0.2, 0) is 21.9 Å². The highest BCUT2D eigenvalue weighted by atomic mass is 32.2. The van der Waals surface area contributed by atoms with E-state index < -0.39 is 15.4 Å². The van der Waals surface area contributed by atoms with Gasteiger partial charge < -0.3 is 4.90 Å². The van der Waals surface area contributed by atoms with Crippen LogP contribution in [0.3, 0.4) is 0 Å². The number of rotatable bonds is 5. The van der Waals surface area contributed by atoms with E-state index in [1.54, 1.807) is 16.4 Å². The molecule has 1 aliphatic heterocycles. The minimum atomic E-state index is -3.72. The average molecular weight is 523 g/mol. The Kier molecular flexibility index (Phi) is 6.41. The Balaban J connectivity index is 1.59. The predicted octanol–water partition coefficient (Wildman–Crippen LogP) is 5.17. The highest BCUT2D eigenvalue weighted by Crippen LogP contribution is 2.53. The fourth-order valence-electron chi connectivity index (χ4n) is 6.07. The van der Waals surface area contributed by atoms with Crippen LogP contribution in [-0.4, -0.2) is 55.0 Å². The van der Waals surface area contributed by atoms with Crippen LogP contribution in [0.2, 0.25) is 0 Å². The third kappa shape index (κ3) is 4.56. The number of piperidine rings is 1. The van der Waals surface area contributed by atoms with Crippen molar-refractivity contribution in [1.82, 2.24) is 19.4 Å². The molecule has 0 saturated carbocycles. The topological polar surface area (TPSA) is 69.3 Å². The molecule has 1 aromatic heterocycles. The van der Waals surface area contributed by atoms with Gasteiger partial charge in [-0.2, -0.15) is 9.40 Å². The Morgan fingerprint density at radius 3 is 2.38 bits per heavy atom. The number of sulfonamides is 1. The molecule has 0 bridgehead atoms. The lowest BCUT2D eigenvalue weighted by Gasteiger charge is -2.52. The summed E-state index contributed by atoms with van der Waals surface area (Å²) in [5.41, 5.74) is 4.70. The first-order chi connectivity index (χ1) is 17.4. The molecule has 196 valence electrons. The van der Waals surface area contributed by atoms with Crippen LogP contribution in [0.15, 0.2) is 65.2 Å². The predicted molar refractivity (Wildman–Crippen MR) is 144 cm³/mol. The molecule has 1 unspecified atom stereocenters. The highest BCUT2D eigenvalue weighted by molar-refractivity contribution is 7.89. The Hall–Kier alpha value is -2.81. The fraction of sp³-hybridized carbons (Fsp3) is 0.414. The zero-order chi connectivity index (χ0) is 26.6. The maximum absolute atomic E-state index is 14.0. The summed E-state index contributed by atoms with van der Waals surface area (Å²) >= 11 is 0. The molecule has 5 rings (SSSR count). The second-order valence-electron chi connectivity index (χ2n) is 11.6. The van der Waals surface area contributed by atoms with Gasteiger partial charge >= 0.3 is 0 Å². The summed E-state index contributed by atoms with van der Waals surface area (Å²) in [5.74, 6) is -0.290. The van der Waals surface area contributed by atoms with Crippen molar-refractivity contribution in [3.63, 3.8) is 0 Å². The molecule has 0 radical (unpaired) electrons. The Morgan fingerprint density at radius 2 is 1.76 bits per heavy atom. The maximum Gasteiger partial charge on any atom is 0.243 e. The Bertz CT molecular complexity index is 1420. The van der Waals surface area contributed by atoms with Crippen LogP contribution in [0.25, 0.3) is 6.08 Å². The van der Waals surface area contributed by atoms with E-state index in [2.05, 4.69) is 41.9 Å². The second kappa shape index (κ2) is 9.19. The van der Waals surface area contributed by atoms with Gasteiger partial charge in [0, 0.05) is 24.5 Å². The molecule has 2 atom stereocenters. The monoisotopic (exact) mass is 522 g/mol. The van der Waals surface area contributed by atoms with E-state index >= 15 is 0 Å². The van der Waals surface area contributed by atoms with Gasteiger partial charge in [0.15, 0.2) is 0 Å². The number of H-pyrrole nitrogens is 1. The van der Waals surface area contributed by atoms with Gasteiger partial charge in [-0.05, 0) is 79.4 Å². The first-order valence-corrected chi connectivity index (χ1v) is 14.1. The molecule has 1 aliphatic carbocycles. The van der Waals surface area contributed by atoms with Crippen molar-refractivity contribution in [3.05, 3.63) is 88.5 Å². The summed E-state index contributed by atoms with van der Waals surface area (Å²) in [6.07, 6.45) is 5.23. The van der Waals surface area contributed by atoms with Crippen molar-refractivity contribution in [2.75, 3.05) is 27.2 Å². The quantitative estimate of drug-likeness (QED) is 0.502. The number of aromatic amines is 1. The fourth-order valence-corrected chi connectivity index (χ4v) is 7.58. The third-order valence-corrected chi connectivity index (χ3v) is 9.75. The number of nitrogens with zero attached hydrogens (tertiary/aromatic N) is 3. The average Bonchev–Trinajstić information content (AvgIpc) is 3.29. The molecule has 6 nitrogen and oxygen atoms in total. The minimum absolute atomic E-state index is 0.0599. The number of nitrogens with one attached hydrogen (secondary N) is 1. The minimum Gasteiger partial charge on any atom is -0.301 e. The van der Waals surface area contributed by atoms with Gasteiger partial charge in [-0.3, -0.25) is 5.10 Å². The molecule has 37 heavy (non-hydrogen) atoms. The molecular weight excluding hydrogens is 487 g/mol. The number of fused-ring (bicyclic) bond motifs is 2. The molecule has 0 amide bonds. The number of halogens is 1. The number of benzene rings is 2. The summed E-state index contributed by atoms with van der Waals surface area (Å²) < 4.78 is 43.4. The van der Waals surface area contributed by atoms with E-state index in [1.165, 1.54) is 17.7 Å². The molecule has 1 saturated heterocycles. The Labute approximate surface area is 219 Å². The van der Waals surface area contributed by atoms with Crippen molar-refractivity contribution < 1.29 is 12.8 Å². The standard InChI is InChI=1S/C29H35FN4O2S/c1-28(2,3)22-8-12-25(13-9-22)37(35,36)34-15-14-23-16-26-21(18-31-32-26)17-29(23,19-34)27(33(4)5)20-6-10-24(30)11-7-20/h6-13,16,18,27H,14-15,17,19H2,1-5H3,(H,31,32)/t27?,29-/m1/s1.